The van der Waals surface area contributed by atoms with Crippen LogP contribution in [0, 0.1) is 12.8 Å². The number of nitrogens with zero attached hydrogens (tertiary/aromatic N) is 2. The fraction of sp³-hybridized carbons (Fsp3) is 0.438. The van der Waals surface area contributed by atoms with Gasteiger partial charge in [-0.05, 0) is 31.4 Å². The van der Waals surface area contributed by atoms with Crippen LogP contribution in [0.3, 0.4) is 0 Å². The van der Waals surface area contributed by atoms with Gasteiger partial charge in [-0.15, -0.1) is 10.2 Å². The van der Waals surface area contributed by atoms with Gasteiger partial charge in [-0.1, -0.05) is 43.3 Å². The second-order valence-corrected chi connectivity index (χ2v) is 6.49. The molecule has 1 heterocycles. The molecule has 1 aromatic heterocycles. The second kappa shape index (κ2) is 7.98. The van der Waals surface area contributed by atoms with Crippen LogP contribution in [0.1, 0.15) is 25.8 Å². The summed E-state index contributed by atoms with van der Waals surface area (Å²) in [5, 5.41) is 11.3. The van der Waals surface area contributed by atoms with E-state index in [1.807, 2.05) is 31.2 Å². The Labute approximate surface area is 134 Å². The summed E-state index contributed by atoms with van der Waals surface area (Å²) >= 11 is 1.25. The fourth-order valence-electron chi connectivity index (χ4n) is 1.76. The van der Waals surface area contributed by atoms with E-state index in [4.69, 9.17) is 4.42 Å². The molecule has 6 heteroatoms. The van der Waals surface area contributed by atoms with Crippen LogP contribution in [0.25, 0.3) is 11.5 Å². The van der Waals surface area contributed by atoms with Crippen LogP contribution in [0.4, 0.5) is 0 Å². The molecule has 1 aromatic carbocycles. The summed E-state index contributed by atoms with van der Waals surface area (Å²) in [6, 6.07) is 7.87. The number of carbonyl (C=O) groups is 1. The number of amides is 1. The van der Waals surface area contributed by atoms with E-state index < -0.39 is 0 Å². The number of aromatic nitrogens is 2. The maximum Gasteiger partial charge on any atom is 0.277 e. The number of rotatable bonds is 7. The molecule has 22 heavy (non-hydrogen) atoms. The third-order valence-electron chi connectivity index (χ3n) is 3.08. The van der Waals surface area contributed by atoms with Crippen LogP contribution in [0.5, 0.6) is 0 Å². The molecular weight excluding hydrogens is 298 g/mol. The molecule has 2 rings (SSSR count). The van der Waals surface area contributed by atoms with E-state index in [0.29, 0.717) is 23.6 Å². The molecule has 2 aromatic rings. The van der Waals surface area contributed by atoms with Crippen molar-refractivity contribution in [3.05, 3.63) is 29.8 Å². The molecule has 0 aliphatic carbocycles. The van der Waals surface area contributed by atoms with Crippen LogP contribution >= 0.6 is 11.8 Å². The van der Waals surface area contributed by atoms with E-state index in [-0.39, 0.29) is 11.7 Å². The largest absolute Gasteiger partial charge is 0.411 e. The summed E-state index contributed by atoms with van der Waals surface area (Å²) in [6.45, 7) is 6.99. The number of hydrogen-bond donors (Lipinski definition) is 1. The normalized spacial score (nSPS) is 10.9. The molecule has 118 valence electrons. The van der Waals surface area contributed by atoms with Crippen molar-refractivity contribution in [1.29, 1.82) is 0 Å². The maximum atomic E-state index is 11.7. The minimum Gasteiger partial charge on any atom is -0.411 e. The van der Waals surface area contributed by atoms with E-state index in [1.165, 1.54) is 17.3 Å². The van der Waals surface area contributed by atoms with Crippen LogP contribution in [0.15, 0.2) is 33.9 Å². The monoisotopic (exact) mass is 319 g/mol. The molecule has 0 fully saturated rings. The average Bonchev–Trinajstić information content (AvgIpc) is 2.94. The van der Waals surface area contributed by atoms with Gasteiger partial charge in [0.1, 0.15) is 0 Å². The second-order valence-electron chi connectivity index (χ2n) is 5.56. The lowest BCUT2D eigenvalue weighted by Gasteiger charge is -2.05. The van der Waals surface area contributed by atoms with Crippen molar-refractivity contribution < 1.29 is 9.21 Å². The third kappa shape index (κ3) is 5.18. The highest BCUT2D eigenvalue weighted by atomic mass is 32.2. The van der Waals surface area contributed by atoms with Crippen LogP contribution in [-0.4, -0.2) is 28.4 Å². The highest BCUT2D eigenvalue weighted by Gasteiger charge is 2.11. The quantitative estimate of drug-likeness (QED) is 0.793. The predicted molar refractivity (Wildman–Crippen MR) is 87.7 cm³/mol. The Bertz CT molecular complexity index is 608. The van der Waals surface area contributed by atoms with Crippen LogP contribution in [-0.2, 0) is 4.79 Å². The Hall–Kier alpha value is -1.82. The van der Waals surface area contributed by atoms with Crippen molar-refractivity contribution in [3.8, 4) is 11.5 Å². The Kier molecular flexibility index (Phi) is 6.00. The van der Waals surface area contributed by atoms with Gasteiger partial charge in [-0.2, -0.15) is 0 Å². The number of hydrogen-bond acceptors (Lipinski definition) is 5. The van der Waals surface area contributed by atoms with Crippen molar-refractivity contribution >= 4 is 17.7 Å². The lowest BCUT2D eigenvalue weighted by atomic mass is 10.1. The van der Waals surface area contributed by atoms with E-state index in [1.54, 1.807) is 0 Å². The first-order valence-electron chi connectivity index (χ1n) is 7.34. The number of thioether (sulfide) groups is 1. The van der Waals surface area contributed by atoms with Gasteiger partial charge in [-0.3, -0.25) is 4.79 Å². The fourth-order valence-corrected chi connectivity index (χ4v) is 2.35. The molecule has 0 saturated carbocycles. The molecule has 0 spiro atoms. The highest BCUT2D eigenvalue weighted by Crippen LogP contribution is 2.23. The van der Waals surface area contributed by atoms with Gasteiger partial charge in [-0.25, -0.2) is 0 Å². The van der Waals surface area contributed by atoms with E-state index in [9.17, 15) is 4.79 Å². The average molecular weight is 319 g/mol. The Morgan fingerprint density at radius 2 is 2.00 bits per heavy atom. The Morgan fingerprint density at radius 1 is 1.27 bits per heavy atom. The zero-order chi connectivity index (χ0) is 15.9. The van der Waals surface area contributed by atoms with E-state index in [2.05, 4.69) is 29.4 Å². The molecule has 0 bridgehead atoms. The molecule has 0 radical (unpaired) electrons. The minimum absolute atomic E-state index is 0.0132. The summed E-state index contributed by atoms with van der Waals surface area (Å²) in [5.74, 6) is 1.33. The van der Waals surface area contributed by atoms with Crippen molar-refractivity contribution in [1.82, 2.24) is 15.5 Å². The smallest absolute Gasteiger partial charge is 0.277 e. The Morgan fingerprint density at radius 3 is 2.68 bits per heavy atom. The maximum absolute atomic E-state index is 11.7. The first-order chi connectivity index (χ1) is 10.5. The zero-order valence-corrected chi connectivity index (χ0v) is 13.9. The summed E-state index contributed by atoms with van der Waals surface area (Å²) in [7, 11) is 0. The predicted octanol–water partition coefficient (Wildman–Crippen LogP) is 3.30. The summed E-state index contributed by atoms with van der Waals surface area (Å²) in [4.78, 5) is 11.7. The van der Waals surface area contributed by atoms with E-state index >= 15 is 0 Å². The molecule has 1 N–H and O–H groups in total. The standard InChI is InChI=1S/C16H21N3O2S/c1-11(2)8-9-17-14(20)10-22-16-19-18-15(21-16)13-6-4-12(3)5-7-13/h4-7,11H,8-10H2,1-3H3,(H,17,20). The summed E-state index contributed by atoms with van der Waals surface area (Å²) < 4.78 is 5.56. The molecule has 0 atom stereocenters. The third-order valence-corrected chi connectivity index (χ3v) is 3.89. The minimum atomic E-state index is -0.0132. The van der Waals surface area contributed by atoms with Gasteiger partial charge < -0.3 is 9.73 Å². The van der Waals surface area contributed by atoms with Gasteiger partial charge in [0.25, 0.3) is 5.22 Å². The van der Waals surface area contributed by atoms with Crippen LogP contribution < -0.4 is 5.32 Å². The topological polar surface area (TPSA) is 68.0 Å². The van der Waals surface area contributed by atoms with Gasteiger partial charge in [0.2, 0.25) is 11.8 Å². The first-order valence-corrected chi connectivity index (χ1v) is 8.33. The van der Waals surface area contributed by atoms with Crippen molar-refractivity contribution in [2.75, 3.05) is 12.3 Å². The lowest BCUT2D eigenvalue weighted by Crippen LogP contribution is -2.26. The summed E-state index contributed by atoms with van der Waals surface area (Å²) in [5.41, 5.74) is 2.06. The molecule has 0 aliphatic rings. The highest BCUT2D eigenvalue weighted by molar-refractivity contribution is 7.99. The molecular formula is C16H21N3O2S. The van der Waals surface area contributed by atoms with Gasteiger partial charge in [0.05, 0.1) is 5.75 Å². The SMILES string of the molecule is Cc1ccc(-c2nnc(SCC(=O)NCCC(C)C)o2)cc1. The zero-order valence-electron chi connectivity index (χ0n) is 13.1. The van der Waals surface area contributed by atoms with Crippen molar-refractivity contribution in [2.24, 2.45) is 5.92 Å². The van der Waals surface area contributed by atoms with Gasteiger partial charge in [0.15, 0.2) is 0 Å². The lowest BCUT2D eigenvalue weighted by molar-refractivity contribution is -0.118. The molecule has 5 nitrogen and oxygen atoms in total. The van der Waals surface area contributed by atoms with E-state index in [0.717, 1.165) is 12.0 Å². The number of aryl methyl sites for hydroxylation is 1. The Balaban J connectivity index is 1.82. The number of carbonyl (C=O) groups excluding carboxylic acids is 1. The number of benzene rings is 1. The van der Waals surface area contributed by atoms with Gasteiger partial charge >= 0.3 is 0 Å². The first kappa shape index (κ1) is 16.5. The summed E-state index contributed by atoms with van der Waals surface area (Å²) in [6.07, 6.45) is 0.981. The van der Waals surface area contributed by atoms with Crippen molar-refractivity contribution in [2.45, 2.75) is 32.4 Å². The van der Waals surface area contributed by atoms with Crippen molar-refractivity contribution in [3.63, 3.8) is 0 Å². The molecule has 0 aliphatic heterocycles. The molecule has 0 saturated heterocycles. The molecule has 0 unspecified atom stereocenters. The van der Waals surface area contributed by atoms with Gasteiger partial charge in [0, 0.05) is 12.1 Å². The molecule has 1 amide bonds. The number of nitrogens with one attached hydrogen (secondary N) is 1. The van der Waals surface area contributed by atoms with Crippen LogP contribution in [0.2, 0.25) is 0 Å².